The number of aromatic nitrogens is 2. The molecule has 0 N–H and O–H groups in total. The van der Waals surface area contributed by atoms with Crippen molar-refractivity contribution in [3.8, 4) is 6.07 Å². The summed E-state index contributed by atoms with van der Waals surface area (Å²) in [6.07, 6.45) is 1.94. The van der Waals surface area contributed by atoms with Crippen LogP contribution in [0.15, 0.2) is 24.3 Å². The molecule has 1 aliphatic heterocycles. The Morgan fingerprint density at radius 3 is 2.62 bits per heavy atom. The molecule has 0 spiro atoms. The molecule has 1 aromatic carbocycles. The van der Waals surface area contributed by atoms with Crippen LogP contribution in [0.1, 0.15) is 45.2 Å². The third kappa shape index (κ3) is 3.77. The van der Waals surface area contributed by atoms with Gasteiger partial charge in [-0.15, -0.1) is 0 Å². The molecule has 136 valence electrons. The van der Waals surface area contributed by atoms with Gasteiger partial charge in [-0.25, -0.2) is 9.97 Å². The van der Waals surface area contributed by atoms with Crippen LogP contribution < -0.4 is 4.90 Å². The number of nitriles is 1. The molecule has 1 aromatic heterocycles. The van der Waals surface area contributed by atoms with E-state index in [2.05, 4.69) is 22.9 Å². The lowest BCUT2D eigenvalue weighted by atomic mass is 9.99. The maximum Gasteiger partial charge on any atom is 0.329 e. The van der Waals surface area contributed by atoms with Crippen LogP contribution in [0.3, 0.4) is 0 Å². The van der Waals surface area contributed by atoms with Gasteiger partial charge in [0.25, 0.3) is 0 Å². The highest BCUT2D eigenvalue weighted by atomic mass is 16.5. The molecule has 1 fully saturated rings. The van der Waals surface area contributed by atoms with Gasteiger partial charge in [0.1, 0.15) is 5.69 Å². The van der Waals surface area contributed by atoms with Crippen LogP contribution >= 0.6 is 0 Å². The van der Waals surface area contributed by atoms with E-state index < -0.39 is 11.9 Å². The van der Waals surface area contributed by atoms with Crippen LogP contribution in [0.5, 0.6) is 0 Å². The molecule has 1 saturated heterocycles. The average molecular weight is 352 g/mol. The second kappa shape index (κ2) is 7.69. The molecule has 0 unspecified atom stereocenters. The number of nitrogens with zero attached hydrogens (tertiary/aromatic N) is 4. The van der Waals surface area contributed by atoms with Crippen LogP contribution in [-0.2, 0) is 9.53 Å². The smallest absolute Gasteiger partial charge is 0.329 e. The van der Waals surface area contributed by atoms with E-state index in [1.165, 1.54) is 6.42 Å². The molecule has 0 radical (unpaired) electrons. The number of ether oxygens (including phenoxy) is 1. The summed E-state index contributed by atoms with van der Waals surface area (Å²) in [5, 5.41) is 9.67. The molecule has 26 heavy (non-hydrogen) atoms. The number of esters is 1. The minimum atomic E-state index is -1.08. The first kappa shape index (κ1) is 18.1. The van der Waals surface area contributed by atoms with E-state index in [0.29, 0.717) is 22.9 Å². The Hall–Kier alpha value is -2.68. The highest BCUT2D eigenvalue weighted by Crippen LogP contribution is 2.30. The number of hydrogen-bond donors (Lipinski definition) is 0. The van der Waals surface area contributed by atoms with Crippen molar-refractivity contribution in [2.24, 2.45) is 5.92 Å². The number of benzene rings is 1. The van der Waals surface area contributed by atoms with Crippen molar-refractivity contribution in [3.05, 3.63) is 30.0 Å². The number of fused-ring (bicyclic) bond motifs is 1. The van der Waals surface area contributed by atoms with Crippen molar-refractivity contribution in [1.82, 2.24) is 9.97 Å². The van der Waals surface area contributed by atoms with Crippen molar-refractivity contribution < 1.29 is 9.53 Å². The minimum Gasteiger partial charge on any atom is -0.462 e. The Labute approximate surface area is 153 Å². The van der Waals surface area contributed by atoms with Gasteiger partial charge in [0, 0.05) is 13.1 Å². The Balaban J connectivity index is 2.10. The van der Waals surface area contributed by atoms with E-state index in [-0.39, 0.29) is 6.10 Å². The fourth-order valence-electron chi connectivity index (χ4n) is 3.34. The first-order valence-corrected chi connectivity index (χ1v) is 9.11. The van der Waals surface area contributed by atoms with Gasteiger partial charge in [-0.1, -0.05) is 19.1 Å². The van der Waals surface area contributed by atoms with Crippen molar-refractivity contribution in [2.45, 2.75) is 45.6 Å². The van der Waals surface area contributed by atoms with Gasteiger partial charge in [-0.05, 0) is 44.7 Å². The summed E-state index contributed by atoms with van der Waals surface area (Å²) >= 11 is 0. The number of carbonyl (C=O) groups is 1. The Kier molecular flexibility index (Phi) is 5.36. The zero-order valence-corrected chi connectivity index (χ0v) is 15.5. The van der Waals surface area contributed by atoms with Crippen LogP contribution in [-0.4, -0.2) is 35.1 Å². The molecular weight excluding hydrogens is 328 g/mol. The van der Waals surface area contributed by atoms with Crippen molar-refractivity contribution in [1.29, 1.82) is 5.26 Å². The number of carbonyl (C=O) groups excluding carboxylic acids is 1. The summed E-state index contributed by atoms with van der Waals surface area (Å²) in [5.41, 5.74) is 1.83. The third-order valence-corrected chi connectivity index (χ3v) is 4.52. The summed E-state index contributed by atoms with van der Waals surface area (Å²) in [6, 6.07) is 9.60. The Morgan fingerprint density at radius 1 is 1.31 bits per heavy atom. The average Bonchev–Trinajstić information content (AvgIpc) is 2.61. The van der Waals surface area contributed by atoms with Gasteiger partial charge in [-0.2, -0.15) is 5.26 Å². The largest absolute Gasteiger partial charge is 0.462 e. The predicted octanol–water partition coefficient (Wildman–Crippen LogP) is 3.42. The van der Waals surface area contributed by atoms with E-state index in [1.54, 1.807) is 13.8 Å². The quantitative estimate of drug-likeness (QED) is 0.785. The second-order valence-corrected chi connectivity index (χ2v) is 7.16. The minimum absolute atomic E-state index is 0.287. The molecule has 0 bridgehead atoms. The Bertz CT molecular complexity index is 843. The summed E-state index contributed by atoms with van der Waals surface area (Å²) < 4.78 is 5.29. The van der Waals surface area contributed by atoms with Gasteiger partial charge >= 0.3 is 5.97 Å². The fourth-order valence-corrected chi connectivity index (χ4v) is 3.34. The third-order valence-electron chi connectivity index (χ3n) is 4.52. The van der Waals surface area contributed by atoms with E-state index in [4.69, 9.17) is 9.72 Å². The first-order valence-electron chi connectivity index (χ1n) is 9.11. The Morgan fingerprint density at radius 2 is 2.00 bits per heavy atom. The molecule has 0 saturated carbocycles. The highest BCUT2D eigenvalue weighted by molar-refractivity contribution is 5.85. The number of anilines is 1. The van der Waals surface area contributed by atoms with E-state index in [0.717, 1.165) is 25.0 Å². The molecule has 0 amide bonds. The maximum atomic E-state index is 12.5. The zero-order valence-electron chi connectivity index (χ0n) is 15.5. The van der Waals surface area contributed by atoms with E-state index >= 15 is 0 Å². The summed E-state index contributed by atoms with van der Waals surface area (Å²) in [6.45, 7) is 7.44. The molecule has 0 aliphatic carbocycles. The molecule has 2 aromatic rings. The van der Waals surface area contributed by atoms with Crippen molar-refractivity contribution >= 4 is 22.8 Å². The molecule has 6 nitrogen and oxygen atoms in total. The number of piperidine rings is 1. The van der Waals surface area contributed by atoms with Gasteiger partial charge in [-0.3, -0.25) is 4.79 Å². The van der Waals surface area contributed by atoms with Gasteiger partial charge < -0.3 is 9.64 Å². The SMILES string of the molecule is CC(C)OC(=O)[C@H](C#N)c1nc2ccccc2nc1N1CCC[C@H](C)C1. The van der Waals surface area contributed by atoms with Crippen LogP contribution in [0.4, 0.5) is 5.82 Å². The first-order chi connectivity index (χ1) is 12.5. The second-order valence-electron chi connectivity index (χ2n) is 7.16. The topological polar surface area (TPSA) is 79.1 Å². The van der Waals surface area contributed by atoms with Crippen LogP contribution in [0.2, 0.25) is 0 Å². The number of rotatable bonds is 4. The highest BCUT2D eigenvalue weighted by Gasteiger charge is 2.31. The summed E-state index contributed by atoms with van der Waals surface area (Å²) in [4.78, 5) is 24.1. The van der Waals surface area contributed by atoms with Crippen LogP contribution in [0.25, 0.3) is 11.0 Å². The van der Waals surface area contributed by atoms with Crippen molar-refractivity contribution in [2.75, 3.05) is 18.0 Å². The monoisotopic (exact) mass is 352 g/mol. The van der Waals surface area contributed by atoms with E-state index in [9.17, 15) is 10.1 Å². The van der Waals surface area contributed by atoms with Gasteiger partial charge in [0.15, 0.2) is 11.7 Å². The van der Waals surface area contributed by atoms with Crippen molar-refractivity contribution in [3.63, 3.8) is 0 Å². The molecule has 3 rings (SSSR count). The summed E-state index contributed by atoms with van der Waals surface area (Å²) in [7, 11) is 0. The standard InChI is InChI=1S/C20H24N4O2/c1-13(2)26-20(25)15(11-21)18-19(24-10-6-7-14(3)12-24)23-17-9-5-4-8-16(17)22-18/h4-5,8-9,13-15H,6-7,10,12H2,1-3H3/t14-,15+/m0/s1. The van der Waals surface area contributed by atoms with Crippen LogP contribution in [0, 0.1) is 17.2 Å². The predicted molar refractivity (Wildman–Crippen MR) is 99.7 cm³/mol. The summed E-state index contributed by atoms with van der Waals surface area (Å²) in [5.74, 6) is -0.490. The molecule has 6 heteroatoms. The molecule has 2 atom stereocenters. The van der Waals surface area contributed by atoms with Gasteiger partial charge in [0.2, 0.25) is 0 Å². The lowest BCUT2D eigenvalue weighted by molar-refractivity contribution is -0.147. The number of para-hydroxylation sites is 2. The molecular formula is C20H24N4O2. The molecule has 1 aliphatic rings. The lowest BCUT2D eigenvalue weighted by Gasteiger charge is -2.33. The van der Waals surface area contributed by atoms with E-state index in [1.807, 2.05) is 24.3 Å². The van der Waals surface area contributed by atoms with Gasteiger partial charge in [0.05, 0.1) is 23.2 Å². The molecule has 2 heterocycles. The zero-order chi connectivity index (χ0) is 18.7. The fraction of sp³-hybridized carbons (Fsp3) is 0.500. The maximum absolute atomic E-state index is 12.5. The normalized spacial score (nSPS) is 18.6. The number of hydrogen-bond acceptors (Lipinski definition) is 6. The lowest BCUT2D eigenvalue weighted by Crippen LogP contribution is -2.36.